The minimum atomic E-state index is -3.69. The van der Waals surface area contributed by atoms with Crippen LogP contribution >= 0.6 is 82.8 Å². The van der Waals surface area contributed by atoms with Crippen molar-refractivity contribution < 1.29 is 4.42 Å². The fraction of sp³-hybridized carbons (Fsp3) is 0.417. The van der Waals surface area contributed by atoms with E-state index in [-0.39, 0.29) is 0 Å². The number of hydrogen-bond acceptors (Lipinski definition) is 4. The summed E-state index contributed by atoms with van der Waals surface area (Å²) in [5.74, 6) is 0. The molecule has 4 nitrogen and oxygen atoms in total. The summed E-state index contributed by atoms with van der Waals surface area (Å²) < 4.78 is 2.05. The summed E-state index contributed by atoms with van der Waals surface area (Å²) in [6.45, 7) is 3.84. The van der Waals surface area contributed by atoms with E-state index < -0.39 is 3.37 Å². The predicted molar refractivity (Wildman–Crippen MR) is 110 cm³/mol. The zero-order valence-electron chi connectivity index (χ0n) is 12.3. The standard InChI is InChI=1S/C12H13Cl2N3O.Cl5P/c1-16-2-4-17(5-3-16)12-15-10-7-8(13)6-9(14)11(10)18-12;1-6(2,3,4)5/h6-7H,2-5H2,1H3;. The molecule has 0 atom stereocenters. The summed E-state index contributed by atoms with van der Waals surface area (Å²) in [7, 11) is 2.11. The second-order valence-corrected chi connectivity index (χ2v) is 22.6. The van der Waals surface area contributed by atoms with Gasteiger partial charge in [0, 0.05) is 31.2 Å². The van der Waals surface area contributed by atoms with Gasteiger partial charge < -0.3 is 14.2 Å². The molecule has 136 valence electrons. The average Bonchev–Trinajstić information content (AvgIpc) is 2.80. The van der Waals surface area contributed by atoms with Gasteiger partial charge in [0.2, 0.25) is 0 Å². The summed E-state index contributed by atoms with van der Waals surface area (Å²) in [5, 5.41) is 1.08. The van der Waals surface area contributed by atoms with Gasteiger partial charge in [0.1, 0.15) is 5.52 Å². The molecule has 2 aromatic rings. The number of likely N-dealkylation sites (N-methyl/N-ethyl adjacent to an activating group) is 1. The first-order valence-electron chi connectivity index (χ1n) is 6.67. The molecule has 0 radical (unpaired) electrons. The summed E-state index contributed by atoms with van der Waals surface area (Å²) in [5.41, 5.74) is 1.32. The number of oxazole rings is 1. The van der Waals surface area contributed by atoms with Gasteiger partial charge in [-0.15, -0.1) is 0 Å². The fourth-order valence-electron chi connectivity index (χ4n) is 2.08. The van der Waals surface area contributed by atoms with E-state index in [9.17, 15) is 0 Å². The maximum absolute atomic E-state index is 6.09. The molecule has 0 saturated carbocycles. The molecule has 1 aliphatic heterocycles. The number of benzene rings is 1. The Morgan fingerprint density at radius 2 is 1.54 bits per heavy atom. The molecule has 3 rings (SSSR count). The molecule has 0 bridgehead atoms. The Morgan fingerprint density at radius 3 is 2.08 bits per heavy atom. The van der Waals surface area contributed by atoms with Crippen LogP contribution in [-0.4, -0.2) is 43.1 Å². The van der Waals surface area contributed by atoms with E-state index in [4.69, 9.17) is 83.8 Å². The second-order valence-electron chi connectivity index (χ2n) is 5.16. The maximum atomic E-state index is 6.09. The summed E-state index contributed by atoms with van der Waals surface area (Å²) >= 11 is 36.9. The molecule has 2 heterocycles. The number of anilines is 1. The Morgan fingerprint density at radius 1 is 1.00 bits per heavy atom. The summed E-state index contributed by atoms with van der Waals surface area (Å²) in [4.78, 5) is 8.86. The van der Waals surface area contributed by atoms with E-state index in [1.165, 1.54) is 0 Å². The van der Waals surface area contributed by atoms with Crippen molar-refractivity contribution in [3.05, 3.63) is 22.2 Å². The van der Waals surface area contributed by atoms with Gasteiger partial charge in [-0.2, -0.15) is 4.98 Å². The van der Waals surface area contributed by atoms with Crippen LogP contribution in [0.5, 0.6) is 0 Å². The molecule has 0 spiro atoms. The van der Waals surface area contributed by atoms with Crippen LogP contribution in [0.4, 0.5) is 6.01 Å². The number of halogens is 7. The van der Waals surface area contributed by atoms with Crippen molar-refractivity contribution in [1.82, 2.24) is 9.88 Å². The molecule has 0 unspecified atom stereocenters. The molecule has 12 heteroatoms. The summed E-state index contributed by atoms with van der Waals surface area (Å²) in [6, 6.07) is 4.07. The summed E-state index contributed by atoms with van der Waals surface area (Å²) in [6.07, 6.45) is 0. The first-order valence-corrected chi connectivity index (χ1v) is 14.2. The van der Waals surface area contributed by atoms with Gasteiger partial charge in [-0.1, -0.05) is 23.2 Å². The fourth-order valence-corrected chi connectivity index (χ4v) is 2.60. The van der Waals surface area contributed by atoms with Crippen LogP contribution in [0, 0.1) is 0 Å². The van der Waals surface area contributed by atoms with Gasteiger partial charge >= 0.3 is 59.6 Å². The molecule has 0 N–H and O–H groups in total. The molecular formula is C12H13Cl7N3OP. The Hall–Kier alpha value is 0.910. The number of fused-ring (bicyclic) bond motifs is 1. The third kappa shape index (κ3) is 7.26. The van der Waals surface area contributed by atoms with Crippen molar-refractivity contribution in [1.29, 1.82) is 0 Å². The van der Waals surface area contributed by atoms with Gasteiger partial charge in [-0.3, -0.25) is 0 Å². The topological polar surface area (TPSA) is 32.5 Å². The van der Waals surface area contributed by atoms with Crippen molar-refractivity contribution in [2.24, 2.45) is 0 Å². The molecule has 0 amide bonds. The number of aromatic nitrogens is 1. The Kier molecular flexibility index (Phi) is 6.96. The molecule has 1 aromatic carbocycles. The zero-order chi connectivity index (χ0) is 18.1. The third-order valence-corrected chi connectivity index (χ3v) is 3.67. The SMILES string of the molecule is CN1CCN(c2nc3cc(Cl)cc(Cl)c3o2)CC1.ClP(Cl)(Cl)(Cl)Cl. The molecular weight excluding hydrogens is 481 g/mol. The molecule has 1 fully saturated rings. The Bertz CT molecular complexity index is 706. The van der Waals surface area contributed by atoms with Crippen molar-refractivity contribution >= 4 is 99.9 Å². The van der Waals surface area contributed by atoms with E-state index in [0.29, 0.717) is 27.2 Å². The van der Waals surface area contributed by atoms with Gasteiger partial charge in [-0.25, -0.2) is 0 Å². The van der Waals surface area contributed by atoms with Crippen LogP contribution in [0.3, 0.4) is 0 Å². The van der Waals surface area contributed by atoms with E-state index >= 15 is 0 Å². The molecule has 1 aliphatic rings. The van der Waals surface area contributed by atoms with Crippen LogP contribution < -0.4 is 4.90 Å². The molecule has 1 saturated heterocycles. The van der Waals surface area contributed by atoms with E-state index in [2.05, 4.69) is 21.8 Å². The molecule has 0 aliphatic carbocycles. The Labute approximate surface area is 173 Å². The van der Waals surface area contributed by atoms with Gasteiger partial charge in [0.25, 0.3) is 6.01 Å². The van der Waals surface area contributed by atoms with E-state index in [1.54, 1.807) is 12.1 Å². The Balaban J connectivity index is 0.000000301. The third-order valence-electron chi connectivity index (χ3n) is 3.17. The van der Waals surface area contributed by atoms with Crippen LogP contribution in [0.25, 0.3) is 11.1 Å². The number of hydrogen-bond donors (Lipinski definition) is 0. The monoisotopic (exact) mass is 491 g/mol. The molecule has 1 aromatic heterocycles. The first kappa shape index (κ1) is 21.2. The van der Waals surface area contributed by atoms with Crippen molar-refractivity contribution in [3.8, 4) is 0 Å². The van der Waals surface area contributed by atoms with Crippen molar-refractivity contribution in [2.45, 2.75) is 0 Å². The average molecular weight is 494 g/mol. The zero-order valence-corrected chi connectivity index (χ0v) is 18.5. The molecule has 24 heavy (non-hydrogen) atoms. The number of nitrogens with zero attached hydrogens (tertiary/aromatic N) is 3. The first-order chi connectivity index (χ1) is 10.9. The van der Waals surface area contributed by atoms with Crippen LogP contribution in [0.2, 0.25) is 10.0 Å². The minimum absolute atomic E-state index is 0.505. The van der Waals surface area contributed by atoms with Crippen LogP contribution in [-0.2, 0) is 0 Å². The van der Waals surface area contributed by atoms with Gasteiger partial charge in [0.05, 0.1) is 5.02 Å². The quantitative estimate of drug-likeness (QED) is 0.393. The van der Waals surface area contributed by atoms with Crippen molar-refractivity contribution in [2.75, 3.05) is 38.1 Å². The van der Waals surface area contributed by atoms with Crippen LogP contribution in [0.1, 0.15) is 0 Å². The number of piperazine rings is 1. The van der Waals surface area contributed by atoms with Gasteiger partial charge in [-0.05, 0) is 19.2 Å². The van der Waals surface area contributed by atoms with Crippen molar-refractivity contribution in [3.63, 3.8) is 0 Å². The van der Waals surface area contributed by atoms with E-state index in [0.717, 1.165) is 26.2 Å². The second kappa shape index (κ2) is 7.88. The predicted octanol–water partition coefficient (Wildman–Crippen LogP) is 7.20. The number of rotatable bonds is 1. The van der Waals surface area contributed by atoms with Crippen LogP contribution in [0.15, 0.2) is 16.5 Å². The normalized spacial score (nSPS) is 18.0. The van der Waals surface area contributed by atoms with E-state index in [1.807, 2.05) is 0 Å². The van der Waals surface area contributed by atoms with Gasteiger partial charge in [0.15, 0.2) is 5.58 Å².